The molecule has 1 aromatic heterocycles. The summed E-state index contributed by atoms with van der Waals surface area (Å²) in [6, 6.07) is 7.96. The number of rotatable bonds is 3. The molecule has 0 aliphatic carbocycles. The summed E-state index contributed by atoms with van der Waals surface area (Å²) >= 11 is 0. The van der Waals surface area contributed by atoms with Crippen molar-refractivity contribution < 1.29 is 13.9 Å². The van der Waals surface area contributed by atoms with Crippen LogP contribution >= 0.6 is 0 Å². The summed E-state index contributed by atoms with van der Waals surface area (Å²) in [6.45, 7) is 0. The highest BCUT2D eigenvalue weighted by Gasteiger charge is 2.06. The van der Waals surface area contributed by atoms with Crippen molar-refractivity contribution in [2.24, 2.45) is 0 Å². The highest BCUT2D eigenvalue weighted by Crippen LogP contribution is 2.25. The van der Waals surface area contributed by atoms with Gasteiger partial charge in [0.1, 0.15) is 5.75 Å². The van der Waals surface area contributed by atoms with E-state index in [0.29, 0.717) is 22.4 Å². The number of pyridine rings is 1. The lowest BCUT2D eigenvalue weighted by Gasteiger charge is -2.06. The van der Waals surface area contributed by atoms with Gasteiger partial charge in [-0.1, -0.05) is 0 Å². The second kappa shape index (κ2) is 4.74. The summed E-state index contributed by atoms with van der Waals surface area (Å²) in [6.07, 6.45) is 2.13. The van der Waals surface area contributed by atoms with E-state index in [1.165, 1.54) is 19.4 Å². The van der Waals surface area contributed by atoms with Crippen LogP contribution in [0, 0.1) is 5.95 Å². The van der Waals surface area contributed by atoms with Gasteiger partial charge in [0, 0.05) is 17.3 Å². The molecular formula is C13H10FNO2. The Balaban J connectivity index is 2.51. The molecule has 3 nitrogen and oxygen atoms in total. The van der Waals surface area contributed by atoms with Crippen molar-refractivity contribution in [1.82, 2.24) is 4.98 Å². The minimum absolute atomic E-state index is 0.484. The Hall–Kier alpha value is -2.23. The third-order valence-electron chi connectivity index (χ3n) is 2.42. The second-order valence-electron chi connectivity index (χ2n) is 3.44. The molecule has 0 spiro atoms. The van der Waals surface area contributed by atoms with E-state index in [1.807, 2.05) is 0 Å². The van der Waals surface area contributed by atoms with E-state index in [4.69, 9.17) is 4.74 Å². The molecule has 0 atom stereocenters. The molecule has 0 fully saturated rings. The predicted molar refractivity (Wildman–Crippen MR) is 61.6 cm³/mol. The number of carbonyl (C=O) groups excluding carboxylic acids is 1. The van der Waals surface area contributed by atoms with E-state index >= 15 is 0 Å². The third kappa shape index (κ3) is 2.30. The summed E-state index contributed by atoms with van der Waals surface area (Å²) in [5.41, 5.74) is 1.88. The van der Waals surface area contributed by atoms with Gasteiger partial charge in [0.15, 0.2) is 6.29 Å². The van der Waals surface area contributed by atoms with Gasteiger partial charge in [-0.25, -0.2) is 4.98 Å². The fourth-order valence-corrected chi connectivity index (χ4v) is 1.56. The van der Waals surface area contributed by atoms with Gasteiger partial charge in [-0.05, 0) is 35.9 Å². The molecule has 0 saturated carbocycles. The van der Waals surface area contributed by atoms with Gasteiger partial charge < -0.3 is 4.74 Å². The van der Waals surface area contributed by atoms with Crippen LogP contribution in [0.15, 0.2) is 36.5 Å². The van der Waals surface area contributed by atoms with Crippen molar-refractivity contribution in [3.8, 4) is 16.9 Å². The second-order valence-corrected chi connectivity index (χ2v) is 3.44. The van der Waals surface area contributed by atoms with Crippen LogP contribution in [0.4, 0.5) is 4.39 Å². The van der Waals surface area contributed by atoms with Crippen molar-refractivity contribution >= 4 is 6.29 Å². The van der Waals surface area contributed by atoms with Gasteiger partial charge in [0.25, 0.3) is 0 Å². The van der Waals surface area contributed by atoms with Crippen LogP contribution in [-0.2, 0) is 0 Å². The first kappa shape index (κ1) is 11.3. The lowest BCUT2D eigenvalue weighted by Crippen LogP contribution is -1.91. The third-order valence-corrected chi connectivity index (χ3v) is 2.42. The zero-order chi connectivity index (χ0) is 12.3. The first-order valence-electron chi connectivity index (χ1n) is 4.99. The van der Waals surface area contributed by atoms with Gasteiger partial charge in [-0.15, -0.1) is 0 Å². The number of ether oxygens (including phenoxy) is 1. The fraction of sp³-hybridized carbons (Fsp3) is 0.0769. The zero-order valence-electron chi connectivity index (χ0n) is 9.18. The number of nitrogens with zero attached hydrogens (tertiary/aromatic N) is 1. The summed E-state index contributed by atoms with van der Waals surface area (Å²) < 4.78 is 17.7. The fourth-order valence-electron chi connectivity index (χ4n) is 1.56. The lowest BCUT2D eigenvalue weighted by atomic mass is 10.0. The number of methoxy groups -OCH3 is 1. The van der Waals surface area contributed by atoms with E-state index in [2.05, 4.69) is 4.98 Å². The van der Waals surface area contributed by atoms with Gasteiger partial charge in [0.05, 0.1) is 7.11 Å². The topological polar surface area (TPSA) is 39.2 Å². The molecule has 0 radical (unpaired) electrons. The average Bonchev–Trinajstić information content (AvgIpc) is 2.39. The molecule has 0 aliphatic rings. The minimum Gasteiger partial charge on any atom is -0.497 e. The van der Waals surface area contributed by atoms with Gasteiger partial charge in [0.2, 0.25) is 5.95 Å². The molecule has 1 aromatic carbocycles. The normalized spacial score (nSPS) is 10.0. The zero-order valence-corrected chi connectivity index (χ0v) is 9.18. The van der Waals surface area contributed by atoms with Crippen molar-refractivity contribution in [2.75, 3.05) is 7.11 Å². The molecule has 86 valence electrons. The van der Waals surface area contributed by atoms with Crippen molar-refractivity contribution in [3.05, 3.63) is 48.0 Å². The molecular weight excluding hydrogens is 221 g/mol. The van der Waals surface area contributed by atoms with Crippen LogP contribution in [0.3, 0.4) is 0 Å². The van der Waals surface area contributed by atoms with E-state index < -0.39 is 5.95 Å². The van der Waals surface area contributed by atoms with Crippen molar-refractivity contribution in [3.63, 3.8) is 0 Å². The maximum atomic E-state index is 12.7. The van der Waals surface area contributed by atoms with E-state index in [-0.39, 0.29) is 0 Å². The molecule has 4 heteroatoms. The Labute approximate surface area is 97.9 Å². The average molecular weight is 231 g/mol. The van der Waals surface area contributed by atoms with Crippen LogP contribution in [0.2, 0.25) is 0 Å². The van der Waals surface area contributed by atoms with Crippen LogP contribution in [-0.4, -0.2) is 18.4 Å². The van der Waals surface area contributed by atoms with E-state index in [9.17, 15) is 9.18 Å². The maximum absolute atomic E-state index is 12.7. The van der Waals surface area contributed by atoms with E-state index in [0.717, 1.165) is 6.29 Å². The Bertz CT molecular complexity index is 538. The molecule has 0 amide bonds. The van der Waals surface area contributed by atoms with Gasteiger partial charge in [-0.2, -0.15) is 4.39 Å². The van der Waals surface area contributed by atoms with Crippen molar-refractivity contribution in [1.29, 1.82) is 0 Å². The summed E-state index contributed by atoms with van der Waals surface area (Å²) in [5.74, 6) is 0.0563. The molecule has 0 aliphatic heterocycles. The van der Waals surface area contributed by atoms with Gasteiger partial charge >= 0.3 is 0 Å². The molecule has 0 unspecified atom stereocenters. The number of halogens is 1. The van der Waals surface area contributed by atoms with Crippen LogP contribution in [0.5, 0.6) is 5.75 Å². The van der Waals surface area contributed by atoms with Crippen LogP contribution < -0.4 is 4.74 Å². The standard InChI is InChI=1S/C13H10FNO2/c1-17-11-3-4-12(10(6-11)8-16)9-2-5-13(14)15-7-9/h2-8H,1H3. The summed E-state index contributed by atoms with van der Waals surface area (Å²) in [4.78, 5) is 14.5. The van der Waals surface area contributed by atoms with Crippen molar-refractivity contribution in [2.45, 2.75) is 0 Å². The number of benzene rings is 1. The molecule has 1 heterocycles. The van der Waals surface area contributed by atoms with Crippen LogP contribution in [0.25, 0.3) is 11.1 Å². The minimum atomic E-state index is -0.546. The number of aldehydes is 1. The van der Waals surface area contributed by atoms with Crippen LogP contribution in [0.1, 0.15) is 10.4 Å². The highest BCUT2D eigenvalue weighted by atomic mass is 19.1. The molecule has 2 aromatic rings. The lowest BCUT2D eigenvalue weighted by molar-refractivity contribution is 0.112. The largest absolute Gasteiger partial charge is 0.497 e. The molecule has 0 bridgehead atoms. The maximum Gasteiger partial charge on any atom is 0.212 e. The van der Waals surface area contributed by atoms with Gasteiger partial charge in [-0.3, -0.25) is 4.79 Å². The Kier molecular flexibility index (Phi) is 3.14. The number of hydrogen-bond donors (Lipinski definition) is 0. The first-order valence-corrected chi connectivity index (χ1v) is 4.99. The number of aromatic nitrogens is 1. The quantitative estimate of drug-likeness (QED) is 0.602. The number of hydrogen-bond acceptors (Lipinski definition) is 3. The Morgan fingerprint density at radius 3 is 2.71 bits per heavy atom. The van der Waals surface area contributed by atoms with E-state index in [1.54, 1.807) is 24.3 Å². The molecule has 17 heavy (non-hydrogen) atoms. The SMILES string of the molecule is COc1ccc(-c2ccc(F)nc2)c(C=O)c1. The number of carbonyl (C=O) groups is 1. The molecule has 2 rings (SSSR count). The highest BCUT2D eigenvalue weighted by molar-refractivity contribution is 5.88. The predicted octanol–water partition coefficient (Wildman–Crippen LogP) is 2.71. The monoisotopic (exact) mass is 231 g/mol. The summed E-state index contributed by atoms with van der Waals surface area (Å²) in [5, 5.41) is 0. The Morgan fingerprint density at radius 2 is 2.12 bits per heavy atom. The molecule has 0 saturated heterocycles. The molecule has 0 N–H and O–H groups in total. The first-order chi connectivity index (χ1) is 8.24. The summed E-state index contributed by atoms with van der Waals surface area (Å²) in [7, 11) is 1.53. The Morgan fingerprint density at radius 1 is 1.29 bits per heavy atom. The smallest absolute Gasteiger partial charge is 0.212 e.